The molecule has 0 unspecified atom stereocenters. The van der Waals surface area contributed by atoms with Gasteiger partial charge >= 0.3 is 0 Å². The summed E-state index contributed by atoms with van der Waals surface area (Å²) in [5.41, 5.74) is 2.04. The molecule has 0 spiro atoms. The quantitative estimate of drug-likeness (QED) is 0.944. The molecule has 1 aliphatic carbocycles. The summed E-state index contributed by atoms with van der Waals surface area (Å²) < 4.78 is 0. The van der Waals surface area contributed by atoms with Gasteiger partial charge < -0.3 is 4.98 Å². The molecule has 1 aliphatic heterocycles. The molecule has 2 aromatic rings. The molecule has 0 radical (unpaired) electrons. The van der Waals surface area contributed by atoms with Gasteiger partial charge in [0.05, 0.1) is 5.69 Å². The van der Waals surface area contributed by atoms with Crippen LogP contribution in [0.25, 0.3) is 11.5 Å². The van der Waals surface area contributed by atoms with Gasteiger partial charge in [-0.05, 0) is 32.2 Å². The number of imidazole rings is 1. The first-order chi connectivity index (χ1) is 11.4. The molecule has 122 valence electrons. The summed E-state index contributed by atoms with van der Waals surface area (Å²) in [4.78, 5) is 19.5. The highest BCUT2D eigenvalue weighted by atomic mass is 15.2. The highest BCUT2D eigenvalue weighted by Gasteiger charge is 2.30. The third-order valence-corrected chi connectivity index (χ3v) is 5.38. The van der Waals surface area contributed by atoms with Crippen LogP contribution in [0.1, 0.15) is 56.6 Å². The molecule has 1 N–H and O–H groups in total. The van der Waals surface area contributed by atoms with Gasteiger partial charge in [0, 0.05) is 43.3 Å². The largest absolute Gasteiger partial charge is 0.343 e. The van der Waals surface area contributed by atoms with Crippen molar-refractivity contribution in [2.45, 2.75) is 56.9 Å². The number of aromatic amines is 1. The van der Waals surface area contributed by atoms with Gasteiger partial charge in [-0.1, -0.05) is 19.3 Å². The first-order valence-electron chi connectivity index (χ1n) is 8.96. The average molecular weight is 311 g/mol. The van der Waals surface area contributed by atoms with Crippen molar-refractivity contribution in [3.05, 3.63) is 30.5 Å². The van der Waals surface area contributed by atoms with E-state index in [9.17, 15) is 0 Å². The maximum absolute atomic E-state index is 4.69. The molecular formula is C18H25N5. The van der Waals surface area contributed by atoms with Crippen molar-refractivity contribution in [1.29, 1.82) is 0 Å². The van der Waals surface area contributed by atoms with Crippen LogP contribution in [0.15, 0.2) is 24.8 Å². The fourth-order valence-electron chi connectivity index (χ4n) is 4.23. The number of likely N-dealkylation sites (tertiary alicyclic amines) is 1. The van der Waals surface area contributed by atoms with Crippen molar-refractivity contribution >= 4 is 0 Å². The van der Waals surface area contributed by atoms with Gasteiger partial charge in [-0.15, -0.1) is 0 Å². The number of hydrogen-bond acceptors (Lipinski definition) is 4. The normalized spacial score (nSPS) is 23.9. The molecular weight excluding hydrogens is 286 g/mol. The van der Waals surface area contributed by atoms with Gasteiger partial charge in [0.15, 0.2) is 5.82 Å². The van der Waals surface area contributed by atoms with Crippen LogP contribution in [-0.4, -0.2) is 44.0 Å². The van der Waals surface area contributed by atoms with Crippen molar-refractivity contribution in [3.63, 3.8) is 0 Å². The van der Waals surface area contributed by atoms with Crippen LogP contribution >= 0.6 is 0 Å². The maximum atomic E-state index is 4.69. The monoisotopic (exact) mass is 311 g/mol. The summed E-state index contributed by atoms with van der Waals surface area (Å²) in [6.45, 7) is 2.37. The van der Waals surface area contributed by atoms with Crippen molar-refractivity contribution < 1.29 is 0 Å². The van der Waals surface area contributed by atoms with E-state index >= 15 is 0 Å². The van der Waals surface area contributed by atoms with Gasteiger partial charge in [-0.25, -0.2) is 9.97 Å². The summed E-state index contributed by atoms with van der Waals surface area (Å²) in [7, 11) is 0. The summed E-state index contributed by atoms with van der Waals surface area (Å²) in [5, 5.41) is 0. The van der Waals surface area contributed by atoms with Crippen molar-refractivity contribution in [2.75, 3.05) is 13.1 Å². The number of nitrogens with zero attached hydrogens (tertiary/aromatic N) is 4. The van der Waals surface area contributed by atoms with Gasteiger partial charge in [-0.3, -0.25) is 9.88 Å². The number of rotatable bonds is 3. The summed E-state index contributed by atoms with van der Waals surface area (Å²) >= 11 is 0. The molecule has 1 saturated heterocycles. The summed E-state index contributed by atoms with van der Waals surface area (Å²) in [6.07, 6.45) is 16.6. The molecule has 0 amide bonds. The van der Waals surface area contributed by atoms with E-state index in [0.717, 1.165) is 29.8 Å². The van der Waals surface area contributed by atoms with Crippen LogP contribution in [0.5, 0.6) is 0 Å². The van der Waals surface area contributed by atoms with Crippen molar-refractivity contribution in [1.82, 2.24) is 24.8 Å². The molecule has 1 saturated carbocycles. The zero-order valence-corrected chi connectivity index (χ0v) is 13.6. The third-order valence-electron chi connectivity index (χ3n) is 5.38. The van der Waals surface area contributed by atoms with E-state index in [1.807, 2.05) is 12.4 Å². The fraction of sp³-hybridized carbons (Fsp3) is 0.611. The zero-order chi connectivity index (χ0) is 15.5. The lowest BCUT2D eigenvalue weighted by atomic mass is 9.88. The van der Waals surface area contributed by atoms with E-state index in [0.29, 0.717) is 5.92 Å². The van der Waals surface area contributed by atoms with E-state index in [4.69, 9.17) is 0 Å². The summed E-state index contributed by atoms with van der Waals surface area (Å²) in [5.74, 6) is 1.31. The highest BCUT2D eigenvalue weighted by Crippen LogP contribution is 2.33. The zero-order valence-electron chi connectivity index (χ0n) is 13.6. The van der Waals surface area contributed by atoms with Crippen molar-refractivity contribution in [2.24, 2.45) is 0 Å². The lowest BCUT2D eigenvalue weighted by molar-refractivity contribution is 0.118. The Morgan fingerprint density at radius 2 is 1.78 bits per heavy atom. The number of nitrogens with one attached hydrogen (secondary N) is 1. The predicted molar refractivity (Wildman–Crippen MR) is 90.0 cm³/mol. The third kappa shape index (κ3) is 3.15. The van der Waals surface area contributed by atoms with Gasteiger partial charge in [-0.2, -0.15) is 0 Å². The van der Waals surface area contributed by atoms with Crippen LogP contribution in [-0.2, 0) is 0 Å². The average Bonchev–Trinajstić information content (AvgIpc) is 3.17. The first-order valence-corrected chi connectivity index (χ1v) is 8.96. The standard InChI is InChI=1S/C18H25N5/c1-2-6-15(7-3-1)23-12-4-5-14(13-23)16-17(20-9-8-19-16)18-21-10-11-22-18/h8-11,14-15H,1-7,12-13H2,(H,21,22)/t14-/m1/s1. The molecule has 4 rings (SSSR count). The molecule has 0 bridgehead atoms. The van der Waals surface area contributed by atoms with E-state index in [2.05, 4.69) is 24.8 Å². The van der Waals surface area contributed by atoms with Gasteiger partial charge in [0.1, 0.15) is 5.69 Å². The Kier molecular flexibility index (Phi) is 4.37. The molecule has 0 aromatic carbocycles. The maximum Gasteiger partial charge on any atom is 0.157 e. The Morgan fingerprint density at radius 3 is 2.61 bits per heavy atom. The van der Waals surface area contributed by atoms with E-state index < -0.39 is 0 Å². The van der Waals surface area contributed by atoms with Crippen LogP contribution in [0, 0.1) is 0 Å². The van der Waals surface area contributed by atoms with Gasteiger partial charge in [0.25, 0.3) is 0 Å². The summed E-state index contributed by atoms with van der Waals surface area (Å²) in [6, 6.07) is 0.787. The lowest BCUT2D eigenvalue weighted by Crippen LogP contribution is -2.43. The minimum Gasteiger partial charge on any atom is -0.343 e. The van der Waals surface area contributed by atoms with E-state index in [1.165, 1.54) is 51.5 Å². The number of H-pyrrole nitrogens is 1. The predicted octanol–water partition coefficient (Wildman–Crippen LogP) is 3.38. The van der Waals surface area contributed by atoms with E-state index in [-0.39, 0.29) is 0 Å². The van der Waals surface area contributed by atoms with Crippen LogP contribution < -0.4 is 0 Å². The van der Waals surface area contributed by atoms with Gasteiger partial charge in [0.2, 0.25) is 0 Å². The molecule has 23 heavy (non-hydrogen) atoms. The van der Waals surface area contributed by atoms with Crippen molar-refractivity contribution in [3.8, 4) is 11.5 Å². The topological polar surface area (TPSA) is 57.7 Å². The Hall–Kier alpha value is -1.75. The first kappa shape index (κ1) is 14.8. The molecule has 2 aromatic heterocycles. The molecule has 3 heterocycles. The fourth-order valence-corrected chi connectivity index (χ4v) is 4.23. The molecule has 5 nitrogen and oxygen atoms in total. The Morgan fingerprint density at radius 1 is 0.913 bits per heavy atom. The molecule has 2 aliphatic rings. The number of hydrogen-bond donors (Lipinski definition) is 1. The van der Waals surface area contributed by atoms with E-state index in [1.54, 1.807) is 12.4 Å². The SMILES string of the molecule is c1c[nH]c(-c2nccnc2[C@@H]2CCCN(C3CCCCC3)C2)n1. The Labute approximate surface area is 137 Å². The second kappa shape index (κ2) is 6.79. The second-order valence-corrected chi connectivity index (χ2v) is 6.85. The minimum atomic E-state index is 0.472. The lowest BCUT2D eigenvalue weighted by Gasteiger charge is -2.40. The Balaban J connectivity index is 1.56. The highest BCUT2D eigenvalue weighted by molar-refractivity contribution is 5.53. The number of aromatic nitrogens is 4. The van der Waals surface area contributed by atoms with Crippen LogP contribution in [0.2, 0.25) is 0 Å². The second-order valence-electron chi connectivity index (χ2n) is 6.85. The molecule has 5 heteroatoms. The minimum absolute atomic E-state index is 0.472. The smallest absolute Gasteiger partial charge is 0.157 e. The molecule has 2 fully saturated rings. The number of piperidine rings is 1. The van der Waals surface area contributed by atoms with Crippen LogP contribution in [0.4, 0.5) is 0 Å². The van der Waals surface area contributed by atoms with Crippen LogP contribution in [0.3, 0.4) is 0 Å². The molecule has 1 atom stereocenters. The Bertz CT molecular complexity index is 618.